The lowest BCUT2D eigenvalue weighted by molar-refractivity contribution is 0.102. The highest BCUT2D eigenvalue weighted by molar-refractivity contribution is 9.10. The topological polar surface area (TPSA) is 66.5 Å². The van der Waals surface area contributed by atoms with Crippen molar-refractivity contribution in [2.75, 3.05) is 19.4 Å². The Morgan fingerprint density at radius 2 is 1.77 bits per heavy atom. The molecular weight excluding hydrogens is 368 g/mol. The van der Waals surface area contributed by atoms with Crippen LogP contribution in [0, 0.1) is 0 Å². The lowest BCUT2D eigenvalue weighted by Gasteiger charge is -2.12. The van der Waals surface area contributed by atoms with E-state index in [1.807, 2.05) is 6.07 Å². The van der Waals surface area contributed by atoms with E-state index < -0.39 is 10.0 Å². The lowest BCUT2D eigenvalue weighted by Crippen LogP contribution is -2.22. The number of hydrogen-bond donors (Lipinski definition) is 1. The summed E-state index contributed by atoms with van der Waals surface area (Å²) in [6.07, 6.45) is 0. The number of hydrogen-bond acceptors (Lipinski definition) is 3. The summed E-state index contributed by atoms with van der Waals surface area (Å²) in [6.45, 7) is 0. The Balaban J connectivity index is 2.26. The van der Waals surface area contributed by atoms with Gasteiger partial charge in [-0.15, -0.1) is 0 Å². The molecule has 1 N–H and O–H groups in total. The summed E-state index contributed by atoms with van der Waals surface area (Å²) in [7, 11) is -0.611. The SMILES string of the molecule is CN(C)S(=O)(=O)c1cccc(NC(=O)c2cccc(Br)c2)c1. The van der Waals surface area contributed by atoms with E-state index in [9.17, 15) is 13.2 Å². The predicted molar refractivity (Wildman–Crippen MR) is 89.4 cm³/mol. The van der Waals surface area contributed by atoms with Gasteiger partial charge in [0, 0.05) is 29.8 Å². The molecule has 0 saturated heterocycles. The second-order valence-electron chi connectivity index (χ2n) is 4.78. The molecule has 5 nitrogen and oxygen atoms in total. The third-order valence-corrected chi connectivity index (χ3v) is 5.26. The zero-order valence-corrected chi connectivity index (χ0v) is 14.5. The molecule has 0 saturated carbocycles. The van der Waals surface area contributed by atoms with Crippen LogP contribution in [-0.2, 0) is 10.0 Å². The second-order valence-corrected chi connectivity index (χ2v) is 7.85. The molecular formula is C15H15BrN2O3S. The molecule has 2 rings (SSSR count). The van der Waals surface area contributed by atoms with Gasteiger partial charge in [-0.25, -0.2) is 12.7 Å². The summed E-state index contributed by atoms with van der Waals surface area (Å²) < 4.78 is 26.1. The van der Waals surface area contributed by atoms with Crippen molar-refractivity contribution in [3.63, 3.8) is 0 Å². The van der Waals surface area contributed by atoms with E-state index in [4.69, 9.17) is 0 Å². The summed E-state index contributed by atoms with van der Waals surface area (Å²) in [5, 5.41) is 2.69. The number of rotatable bonds is 4. The summed E-state index contributed by atoms with van der Waals surface area (Å²) in [5.41, 5.74) is 0.906. The molecule has 2 aromatic rings. The first kappa shape index (κ1) is 16.7. The normalized spacial score (nSPS) is 11.5. The monoisotopic (exact) mass is 382 g/mol. The molecule has 0 aliphatic carbocycles. The zero-order valence-electron chi connectivity index (χ0n) is 12.1. The fraction of sp³-hybridized carbons (Fsp3) is 0.133. The fourth-order valence-electron chi connectivity index (χ4n) is 1.78. The van der Waals surface area contributed by atoms with Crippen molar-refractivity contribution in [2.45, 2.75) is 4.90 Å². The zero-order chi connectivity index (χ0) is 16.3. The van der Waals surface area contributed by atoms with Gasteiger partial charge in [0.1, 0.15) is 0 Å². The van der Waals surface area contributed by atoms with Gasteiger partial charge in [0.05, 0.1) is 4.90 Å². The van der Waals surface area contributed by atoms with Gasteiger partial charge in [-0.3, -0.25) is 4.79 Å². The number of carbonyl (C=O) groups excluding carboxylic acids is 1. The minimum absolute atomic E-state index is 0.129. The van der Waals surface area contributed by atoms with Crippen molar-refractivity contribution in [2.24, 2.45) is 0 Å². The van der Waals surface area contributed by atoms with Crippen molar-refractivity contribution in [3.05, 3.63) is 58.6 Å². The molecule has 116 valence electrons. The molecule has 0 heterocycles. The number of nitrogens with zero attached hydrogens (tertiary/aromatic N) is 1. The van der Waals surface area contributed by atoms with E-state index in [-0.39, 0.29) is 10.8 Å². The molecule has 0 aromatic heterocycles. The highest BCUT2D eigenvalue weighted by Crippen LogP contribution is 2.19. The minimum Gasteiger partial charge on any atom is -0.322 e. The number of anilines is 1. The number of halogens is 1. The van der Waals surface area contributed by atoms with Gasteiger partial charge in [0.25, 0.3) is 5.91 Å². The lowest BCUT2D eigenvalue weighted by atomic mass is 10.2. The van der Waals surface area contributed by atoms with Crippen LogP contribution in [0.4, 0.5) is 5.69 Å². The van der Waals surface area contributed by atoms with Gasteiger partial charge in [-0.2, -0.15) is 0 Å². The molecule has 2 aromatic carbocycles. The third-order valence-electron chi connectivity index (χ3n) is 2.96. The van der Waals surface area contributed by atoms with Gasteiger partial charge in [-0.05, 0) is 36.4 Å². The average Bonchev–Trinajstić information content (AvgIpc) is 2.47. The van der Waals surface area contributed by atoms with E-state index in [0.29, 0.717) is 11.3 Å². The Kier molecular flexibility index (Phi) is 5.00. The molecule has 7 heteroatoms. The smallest absolute Gasteiger partial charge is 0.255 e. The third kappa shape index (κ3) is 3.73. The van der Waals surface area contributed by atoms with Crippen LogP contribution in [0.25, 0.3) is 0 Å². The summed E-state index contributed by atoms with van der Waals surface area (Å²) in [5.74, 6) is -0.305. The number of nitrogens with one attached hydrogen (secondary N) is 1. The van der Waals surface area contributed by atoms with Crippen LogP contribution in [0.1, 0.15) is 10.4 Å². The molecule has 0 unspecified atom stereocenters. The molecule has 0 spiro atoms. The van der Waals surface area contributed by atoms with E-state index in [0.717, 1.165) is 8.78 Å². The molecule has 0 bridgehead atoms. The van der Waals surface area contributed by atoms with E-state index in [2.05, 4.69) is 21.2 Å². The predicted octanol–water partition coefficient (Wildman–Crippen LogP) is 2.95. The largest absolute Gasteiger partial charge is 0.322 e. The molecule has 0 atom stereocenters. The van der Waals surface area contributed by atoms with Gasteiger partial charge >= 0.3 is 0 Å². The molecule has 22 heavy (non-hydrogen) atoms. The van der Waals surface area contributed by atoms with Crippen LogP contribution in [-0.4, -0.2) is 32.7 Å². The Labute approximate surface area is 138 Å². The maximum absolute atomic E-state index is 12.2. The van der Waals surface area contributed by atoms with Crippen LogP contribution >= 0.6 is 15.9 Å². The number of carbonyl (C=O) groups is 1. The summed E-state index contributed by atoms with van der Waals surface area (Å²) >= 11 is 3.30. The quantitative estimate of drug-likeness (QED) is 0.883. The maximum Gasteiger partial charge on any atom is 0.255 e. The summed E-state index contributed by atoms with van der Waals surface area (Å²) in [4.78, 5) is 12.3. The Bertz CT molecular complexity index is 804. The van der Waals surface area contributed by atoms with Crippen molar-refractivity contribution in [3.8, 4) is 0 Å². The highest BCUT2D eigenvalue weighted by Gasteiger charge is 2.17. The standard InChI is InChI=1S/C15H15BrN2O3S/c1-18(2)22(20,21)14-8-4-7-13(10-14)17-15(19)11-5-3-6-12(16)9-11/h3-10H,1-2H3,(H,17,19). The number of sulfonamides is 1. The van der Waals surface area contributed by atoms with Crippen molar-refractivity contribution >= 4 is 37.5 Å². The molecule has 0 fully saturated rings. The molecule has 0 radical (unpaired) electrons. The van der Waals surface area contributed by atoms with Gasteiger partial charge < -0.3 is 5.32 Å². The van der Waals surface area contributed by atoms with Crippen LogP contribution in [0.2, 0.25) is 0 Å². The van der Waals surface area contributed by atoms with Crippen LogP contribution in [0.3, 0.4) is 0 Å². The Morgan fingerprint density at radius 3 is 2.41 bits per heavy atom. The first-order valence-corrected chi connectivity index (χ1v) is 8.63. The fourth-order valence-corrected chi connectivity index (χ4v) is 3.13. The molecule has 1 amide bonds. The van der Waals surface area contributed by atoms with Crippen molar-refractivity contribution in [1.82, 2.24) is 4.31 Å². The number of benzene rings is 2. The minimum atomic E-state index is -3.53. The van der Waals surface area contributed by atoms with Crippen LogP contribution < -0.4 is 5.32 Å². The molecule has 0 aliphatic rings. The number of amides is 1. The van der Waals surface area contributed by atoms with E-state index >= 15 is 0 Å². The first-order valence-electron chi connectivity index (χ1n) is 6.40. The summed E-state index contributed by atoms with van der Waals surface area (Å²) in [6, 6.07) is 13.1. The van der Waals surface area contributed by atoms with E-state index in [1.165, 1.54) is 26.2 Å². The second kappa shape index (κ2) is 6.60. The van der Waals surface area contributed by atoms with Crippen LogP contribution in [0.5, 0.6) is 0 Å². The van der Waals surface area contributed by atoms with Crippen LogP contribution in [0.15, 0.2) is 57.9 Å². The highest BCUT2D eigenvalue weighted by atomic mass is 79.9. The van der Waals surface area contributed by atoms with Crippen molar-refractivity contribution in [1.29, 1.82) is 0 Å². The van der Waals surface area contributed by atoms with Gasteiger partial charge in [0.15, 0.2) is 0 Å². The van der Waals surface area contributed by atoms with Gasteiger partial charge in [0.2, 0.25) is 10.0 Å². The molecule has 0 aliphatic heterocycles. The average molecular weight is 383 g/mol. The Hall–Kier alpha value is -1.70. The maximum atomic E-state index is 12.2. The van der Waals surface area contributed by atoms with Gasteiger partial charge in [-0.1, -0.05) is 28.1 Å². The Morgan fingerprint density at radius 1 is 1.09 bits per heavy atom. The van der Waals surface area contributed by atoms with E-state index in [1.54, 1.807) is 30.3 Å². The van der Waals surface area contributed by atoms with Crippen molar-refractivity contribution < 1.29 is 13.2 Å². The first-order chi connectivity index (χ1) is 10.3.